The van der Waals surface area contributed by atoms with Crippen molar-refractivity contribution in [3.05, 3.63) is 35.4 Å². The number of alkyl halides is 3. The van der Waals surface area contributed by atoms with E-state index < -0.39 is 31.1 Å². The van der Waals surface area contributed by atoms with Crippen LogP contribution in [0.5, 0.6) is 0 Å². The van der Waals surface area contributed by atoms with E-state index in [2.05, 4.69) is 4.74 Å². The maximum atomic E-state index is 12.5. The molecular weight excluding hydrogens is 325 g/mol. The highest BCUT2D eigenvalue weighted by Gasteiger charge is 2.28. The van der Waals surface area contributed by atoms with Crippen LogP contribution in [0.3, 0.4) is 0 Å². The fourth-order valence-corrected chi connectivity index (χ4v) is 2.59. The van der Waals surface area contributed by atoms with E-state index in [9.17, 15) is 22.8 Å². The molecule has 1 atom stereocenters. The van der Waals surface area contributed by atoms with Crippen molar-refractivity contribution in [2.75, 3.05) is 6.67 Å². The van der Waals surface area contributed by atoms with Gasteiger partial charge in [0, 0.05) is 0 Å². The topological polar surface area (TPSA) is 52.6 Å². The summed E-state index contributed by atoms with van der Waals surface area (Å²) in [6.45, 7) is -1.50. The number of benzene rings is 1. The molecule has 24 heavy (non-hydrogen) atoms. The van der Waals surface area contributed by atoms with Crippen molar-refractivity contribution < 1.29 is 32.2 Å². The maximum absolute atomic E-state index is 12.5. The van der Waals surface area contributed by atoms with Crippen LogP contribution >= 0.6 is 0 Å². The van der Waals surface area contributed by atoms with Crippen molar-refractivity contribution in [2.45, 2.75) is 50.7 Å². The average Bonchev–Trinajstić information content (AvgIpc) is 2.60. The number of ether oxygens (including phenoxy) is 2. The number of carbonyl (C=O) groups is 2. The van der Waals surface area contributed by atoms with Gasteiger partial charge in [-0.15, -0.1) is 0 Å². The van der Waals surface area contributed by atoms with Crippen molar-refractivity contribution in [1.82, 2.24) is 0 Å². The molecule has 0 spiro atoms. The number of esters is 2. The zero-order valence-electron chi connectivity index (χ0n) is 13.1. The highest BCUT2D eigenvalue weighted by atomic mass is 19.3. The largest absolute Gasteiger partial charge is 0.459 e. The number of halogens is 3. The minimum atomic E-state index is -3.14. The lowest BCUT2D eigenvalue weighted by molar-refractivity contribution is -0.0423. The maximum Gasteiger partial charge on any atom is 0.339 e. The minimum absolute atomic E-state index is 0.0695. The first-order valence-corrected chi connectivity index (χ1v) is 7.88. The Hall–Kier alpha value is -2.05. The SMILES string of the molecule is O=C(OC1CCCCC1)c1ccccc1C(=O)OC(CF)C(F)F. The quantitative estimate of drug-likeness (QED) is 0.734. The van der Waals surface area contributed by atoms with Crippen LogP contribution in [0.15, 0.2) is 24.3 Å². The van der Waals surface area contributed by atoms with Crippen LogP contribution in [-0.2, 0) is 9.47 Å². The highest BCUT2D eigenvalue weighted by molar-refractivity contribution is 6.03. The van der Waals surface area contributed by atoms with Crippen molar-refractivity contribution in [3.63, 3.8) is 0 Å². The van der Waals surface area contributed by atoms with Crippen LogP contribution in [0.1, 0.15) is 52.8 Å². The number of rotatable bonds is 6. The Kier molecular flexibility index (Phi) is 6.63. The monoisotopic (exact) mass is 344 g/mol. The first kappa shape index (κ1) is 18.3. The third-order valence-electron chi connectivity index (χ3n) is 3.88. The van der Waals surface area contributed by atoms with Gasteiger partial charge in [0.25, 0.3) is 6.43 Å². The smallest absolute Gasteiger partial charge is 0.339 e. The van der Waals surface area contributed by atoms with Crippen LogP contribution in [0, 0.1) is 0 Å². The summed E-state index contributed by atoms with van der Waals surface area (Å²) in [6, 6.07) is 5.60. The molecule has 1 unspecified atom stereocenters. The Morgan fingerprint density at radius 3 is 2.17 bits per heavy atom. The van der Waals surface area contributed by atoms with Gasteiger partial charge < -0.3 is 9.47 Å². The second-order valence-electron chi connectivity index (χ2n) is 5.64. The van der Waals surface area contributed by atoms with Crippen molar-refractivity contribution >= 4 is 11.9 Å². The average molecular weight is 344 g/mol. The summed E-state index contributed by atoms with van der Waals surface area (Å²) in [5.41, 5.74) is -0.280. The van der Waals surface area contributed by atoms with E-state index in [1.165, 1.54) is 24.3 Å². The number of carbonyl (C=O) groups excluding carboxylic acids is 2. The molecule has 0 N–H and O–H groups in total. The molecule has 1 aromatic rings. The Balaban J connectivity index is 2.10. The predicted octanol–water partition coefficient (Wildman–Crippen LogP) is 3.94. The molecule has 1 aromatic carbocycles. The van der Waals surface area contributed by atoms with E-state index in [0.29, 0.717) is 0 Å². The molecule has 0 amide bonds. The van der Waals surface area contributed by atoms with Gasteiger partial charge in [-0.1, -0.05) is 18.6 Å². The Morgan fingerprint density at radius 1 is 1.04 bits per heavy atom. The standard InChI is InChI=1S/C17H19F3O4/c18-10-14(15(19)20)24-17(22)13-9-5-4-8-12(13)16(21)23-11-6-2-1-3-7-11/h4-5,8-9,11,14-15H,1-3,6-7,10H2. The van der Waals surface area contributed by atoms with Gasteiger partial charge in [0.05, 0.1) is 11.1 Å². The van der Waals surface area contributed by atoms with Crippen LogP contribution in [0.2, 0.25) is 0 Å². The summed E-state index contributed by atoms with van der Waals surface area (Å²) >= 11 is 0. The Labute approximate surface area is 137 Å². The molecule has 0 aliphatic heterocycles. The number of hydrogen-bond acceptors (Lipinski definition) is 4. The second-order valence-corrected chi connectivity index (χ2v) is 5.64. The van der Waals surface area contributed by atoms with E-state index in [0.717, 1.165) is 32.1 Å². The molecule has 2 rings (SSSR count). The fourth-order valence-electron chi connectivity index (χ4n) is 2.59. The summed E-state index contributed by atoms with van der Waals surface area (Å²) < 4.78 is 47.4. The summed E-state index contributed by atoms with van der Waals surface area (Å²) in [7, 11) is 0. The molecule has 1 aliphatic carbocycles. The van der Waals surface area contributed by atoms with Crippen LogP contribution < -0.4 is 0 Å². The van der Waals surface area contributed by atoms with Gasteiger partial charge in [0.2, 0.25) is 0 Å². The third-order valence-corrected chi connectivity index (χ3v) is 3.88. The molecule has 1 fully saturated rings. The van der Waals surface area contributed by atoms with Crippen molar-refractivity contribution in [2.24, 2.45) is 0 Å². The summed E-state index contributed by atoms with van der Waals surface area (Å²) in [5, 5.41) is 0. The minimum Gasteiger partial charge on any atom is -0.459 e. The van der Waals surface area contributed by atoms with Crippen molar-refractivity contribution in [3.8, 4) is 0 Å². The molecule has 0 heterocycles. The van der Waals surface area contributed by atoms with Gasteiger partial charge in [-0.3, -0.25) is 0 Å². The molecule has 1 aliphatic rings. The lowest BCUT2D eigenvalue weighted by Crippen LogP contribution is -2.29. The molecule has 4 nitrogen and oxygen atoms in total. The molecule has 7 heteroatoms. The van der Waals surface area contributed by atoms with E-state index in [1.54, 1.807) is 0 Å². The Bertz CT molecular complexity index is 571. The van der Waals surface area contributed by atoms with E-state index in [-0.39, 0.29) is 17.2 Å². The Morgan fingerprint density at radius 2 is 1.62 bits per heavy atom. The zero-order chi connectivity index (χ0) is 17.5. The molecule has 132 valence electrons. The third kappa shape index (κ3) is 4.72. The summed E-state index contributed by atoms with van der Waals surface area (Å²) in [4.78, 5) is 24.3. The van der Waals surface area contributed by atoms with Gasteiger partial charge in [-0.25, -0.2) is 22.8 Å². The van der Waals surface area contributed by atoms with Crippen LogP contribution in [0.4, 0.5) is 13.2 Å². The first-order chi connectivity index (χ1) is 11.5. The molecular formula is C17H19F3O4. The predicted molar refractivity (Wildman–Crippen MR) is 79.9 cm³/mol. The van der Waals surface area contributed by atoms with Crippen LogP contribution in [-0.4, -0.2) is 37.2 Å². The lowest BCUT2D eigenvalue weighted by Gasteiger charge is -2.22. The first-order valence-electron chi connectivity index (χ1n) is 7.88. The molecule has 0 radical (unpaired) electrons. The molecule has 0 bridgehead atoms. The van der Waals surface area contributed by atoms with E-state index >= 15 is 0 Å². The molecule has 0 aromatic heterocycles. The zero-order valence-corrected chi connectivity index (χ0v) is 13.1. The second kappa shape index (κ2) is 8.70. The van der Waals surface area contributed by atoms with E-state index in [1.807, 2.05) is 0 Å². The van der Waals surface area contributed by atoms with E-state index in [4.69, 9.17) is 4.74 Å². The lowest BCUT2D eigenvalue weighted by atomic mass is 9.97. The van der Waals surface area contributed by atoms with Gasteiger partial charge >= 0.3 is 11.9 Å². The molecule has 1 saturated carbocycles. The van der Waals surface area contributed by atoms with Crippen LogP contribution in [0.25, 0.3) is 0 Å². The fraction of sp³-hybridized carbons (Fsp3) is 0.529. The van der Waals surface area contributed by atoms with Gasteiger partial charge in [0.1, 0.15) is 12.8 Å². The van der Waals surface area contributed by atoms with Crippen molar-refractivity contribution in [1.29, 1.82) is 0 Å². The van der Waals surface area contributed by atoms with Gasteiger partial charge in [-0.2, -0.15) is 0 Å². The molecule has 0 saturated heterocycles. The normalized spacial score (nSPS) is 16.7. The van der Waals surface area contributed by atoms with Gasteiger partial charge in [0.15, 0.2) is 6.10 Å². The summed E-state index contributed by atoms with van der Waals surface area (Å²) in [6.07, 6.45) is -0.964. The van der Waals surface area contributed by atoms with Gasteiger partial charge in [-0.05, 0) is 37.8 Å². The number of hydrogen-bond donors (Lipinski definition) is 0. The highest BCUT2D eigenvalue weighted by Crippen LogP contribution is 2.22. The summed E-state index contributed by atoms with van der Waals surface area (Å²) in [5.74, 6) is -1.88.